The lowest BCUT2D eigenvalue weighted by Crippen LogP contribution is -2.37. The van der Waals surface area contributed by atoms with Gasteiger partial charge in [0, 0.05) is 36.2 Å². The number of nitrogens with one attached hydrogen (secondary N) is 2. The number of rotatable bonds is 3. The molecule has 0 saturated heterocycles. The number of hydrogen-bond donors (Lipinski definition) is 2. The first-order valence-corrected chi connectivity index (χ1v) is 6.60. The maximum Gasteiger partial charge on any atom is 0.0700 e. The maximum atomic E-state index is 4.56. The standard InChI is InChI=1S/C13H20N4/c1-14-7-10-6-12-11(8-15-10)13(17-16-12)9-4-2-3-5-9/h9-10,15H,1-8H2,(H,16,17). The Morgan fingerprint density at radius 2 is 2.18 bits per heavy atom. The fourth-order valence-corrected chi connectivity index (χ4v) is 3.17. The van der Waals surface area contributed by atoms with E-state index in [4.69, 9.17) is 0 Å². The topological polar surface area (TPSA) is 53.1 Å². The molecule has 1 saturated carbocycles. The summed E-state index contributed by atoms with van der Waals surface area (Å²) in [5.74, 6) is 0.700. The predicted molar refractivity (Wildman–Crippen MR) is 68.5 cm³/mol. The van der Waals surface area contributed by atoms with E-state index in [9.17, 15) is 0 Å². The van der Waals surface area contributed by atoms with Crippen LogP contribution in [0.3, 0.4) is 0 Å². The quantitative estimate of drug-likeness (QED) is 0.781. The van der Waals surface area contributed by atoms with Crippen LogP contribution in [-0.4, -0.2) is 29.5 Å². The van der Waals surface area contributed by atoms with Crippen molar-refractivity contribution in [2.45, 2.75) is 50.6 Å². The molecule has 2 heterocycles. The molecule has 1 aliphatic carbocycles. The van der Waals surface area contributed by atoms with Gasteiger partial charge in [0.2, 0.25) is 0 Å². The summed E-state index contributed by atoms with van der Waals surface area (Å²) < 4.78 is 0. The molecule has 0 amide bonds. The minimum absolute atomic E-state index is 0.428. The van der Waals surface area contributed by atoms with Crippen molar-refractivity contribution in [2.75, 3.05) is 6.54 Å². The molecule has 2 N–H and O–H groups in total. The molecule has 92 valence electrons. The van der Waals surface area contributed by atoms with Crippen LogP contribution in [0.4, 0.5) is 0 Å². The van der Waals surface area contributed by atoms with E-state index in [2.05, 4.69) is 27.2 Å². The van der Waals surface area contributed by atoms with Crippen molar-refractivity contribution in [3.05, 3.63) is 17.0 Å². The molecule has 4 nitrogen and oxygen atoms in total. The zero-order chi connectivity index (χ0) is 11.7. The van der Waals surface area contributed by atoms with E-state index in [-0.39, 0.29) is 0 Å². The van der Waals surface area contributed by atoms with Crippen LogP contribution in [0.25, 0.3) is 0 Å². The zero-order valence-corrected chi connectivity index (χ0v) is 10.2. The van der Waals surface area contributed by atoms with Crippen molar-refractivity contribution < 1.29 is 0 Å². The molecule has 1 fully saturated rings. The van der Waals surface area contributed by atoms with E-state index >= 15 is 0 Å². The molecule has 0 bridgehead atoms. The highest BCUT2D eigenvalue weighted by Crippen LogP contribution is 2.36. The van der Waals surface area contributed by atoms with E-state index in [1.165, 1.54) is 42.6 Å². The minimum Gasteiger partial charge on any atom is -0.308 e. The van der Waals surface area contributed by atoms with Crippen LogP contribution in [0.1, 0.15) is 48.6 Å². The predicted octanol–water partition coefficient (Wildman–Crippen LogP) is 1.78. The van der Waals surface area contributed by atoms with Crippen LogP contribution in [0.15, 0.2) is 4.99 Å². The Labute approximate surface area is 102 Å². The highest BCUT2D eigenvalue weighted by atomic mass is 15.1. The molecule has 1 aromatic heterocycles. The van der Waals surface area contributed by atoms with Gasteiger partial charge in [0.05, 0.1) is 12.2 Å². The molecule has 17 heavy (non-hydrogen) atoms. The van der Waals surface area contributed by atoms with Crippen molar-refractivity contribution in [3.63, 3.8) is 0 Å². The molecule has 0 spiro atoms. The second-order valence-corrected chi connectivity index (χ2v) is 5.24. The Bertz CT molecular complexity index is 404. The Kier molecular flexibility index (Phi) is 2.97. The van der Waals surface area contributed by atoms with E-state index < -0.39 is 0 Å². The van der Waals surface area contributed by atoms with E-state index in [0.29, 0.717) is 12.0 Å². The van der Waals surface area contributed by atoms with Gasteiger partial charge in [-0.3, -0.25) is 10.1 Å². The van der Waals surface area contributed by atoms with Gasteiger partial charge in [-0.15, -0.1) is 0 Å². The molecule has 1 aromatic rings. The van der Waals surface area contributed by atoms with Crippen LogP contribution in [0.2, 0.25) is 0 Å². The number of hydrogen-bond acceptors (Lipinski definition) is 3. The fourth-order valence-electron chi connectivity index (χ4n) is 3.17. The average Bonchev–Trinajstić information content (AvgIpc) is 2.96. The molecular weight excluding hydrogens is 212 g/mol. The Morgan fingerprint density at radius 3 is 2.94 bits per heavy atom. The number of nitrogens with zero attached hydrogens (tertiary/aromatic N) is 2. The summed E-state index contributed by atoms with van der Waals surface area (Å²) >= 11 is 0. The van der Waals surface area contributed by atoms with Gasteiger partial charge >= 0.3 is 0 Å². The van der Waals surface area contributed by atoms with Crippen LogP contribution in [-0.2, 0) is 13.0 Å². The first kappa shape index (κ1) is 11.0. The summed E-state index contributed by atoms with van der Waals surface area (Å²) in [5.41, 5.74) is 4.08. The van der Waals surface area contributed by atoms with Gasteiger partial charge in [-0.25, -0.2) is 0 Å². The second-order valence-electron chi connectivity index (χ2n) is 5.24. The number of fused-ring (bicyclic) bond motifs is 1. The molecule has 2 aliphatic rings. The largest absolute Gasteiger partial charge is 0.308 e. The minimum atomic E-state index is 0.428. The van der Waals surface area contributed by atoms with Gasteiger partial charge in [0.1, 0.15) is 0 Å². The molecule has 0 aromatic carbocycles. The van der Waals surface area contributed by atoms with Crippen molar-refractivity contribution >= 4 is 6.72 Å². The normalized spacial score (nSPS) is 24.8. The van der Waals surface area contributed by atoms with Gasteiger partial charge in [0.15, 0.2) is 0 Å². The van der Waals surface area contributed by atoms with Crippen molar-refractivity contribution in [3.8, 4) is 0 Å². The summed E-state index contributed by atoms with van der Waals surface area (Å²) in [7, 11) is 0. The SMILES string of the molecule is C=NCC1Cc2[nH]nc(C3CCCC3)c2CN1. The van der Waals surface area contributed by atoms with Crippen LogP contribution in [0, 0.1) is 0 Å². The van der Waals surface area contributed by atoms with Crippen molar-refractivity contribution in [2.24, 2.45) is 4.99 Å². The second kappa shape index (κ2) is 4.61. The van der Waals surface area contributed by atoms with Gasteiger partial charge in [-0.05, 0) is 19.6 Å². The summed E-state index contributed by atoms with van der Waals surface area (Å²) in [6, 6.07) is 0.428. The first-order valence-electron chi connectivity index (χ1n) is 6.60. The van der Waals surface area contributed by atoms with Crippen LogP contribution in [0.5, 0.6) is 0 Å². The maximum absolute atomic E-state index is 4.56. The number of aromatic nitrogens is 2. The number of aromatic amines is 1. The molecule has 1 unspecified atom stereocenters. The summed E-state index contributed by atoms with van der Waals surface area (Å²) in [6.45, 7) is 5.29. The molecule has 1 aliphatic heterocycles. The monoisotopic (exact) mass is 232 g/mol. The van der Waals surface area contributed by atoms with Gasteiger partial charge < -0.3 is 5.32 Å². The average molecular weight is 232 g/mol. The molecule has 4 heteroatoms. The van der Waals surface area contributed by atoms with E-state index in [1.54, 1.807) is 0 Å². The van der Waals surface area contributed by atoms with Crippen LogP contribution < -0.4 is 5.32 Å². The molecule has 1 atom stereocenters. The Balaban J connectivity index is 1.79. The summed E-state index contributed by atoms with van der Waals surface area (Å²) in [5, 5.41) is 11.3. The van der Waals surface area contributed by atoms with Gasteiger partial charge in [-0.2, -0.15) is 5.10 Å². The van der Waals surface area contributed by atoms with E-state index in [0.717, 1.165) is 19.5 Å². The number of aliphatic imine (C=N–C) groups is 1. The Hall–Kier alpha value is -1.16. The number of H-pyrrole nitrogens is 1. The van der Waals surface area contributed by atoms with Crippen LogP contribution >= 0.6 is 0 Å². The third kappa shape index (κ3) is 2.02. The third-order valence-electron chi connectivity index (χ3n) is 4.09. The lowest BCUT2D eigenvalue weighted by atomic mass is 9.94. The highest BCUT2D eigenvalue weighted by Gasteiger charge is 2.27. The lowest BCUT2D eigenvalue weighted by molar-refractivity contribution is 0.482. The smallest absolute Gasteiger partial charge is 0.0700 e. The third-order valence-corrected chi connectivity index (χ3v) is 4.09. The van der Waals surface area contributed by atoms with Gasteiger partial charge in [-0.1, -0.05) is 12.8 Å². The molecular formula is C13H20N4. The first-order chi connectivity index (χ1) is 8.38. The fraction of sp³-hybridized carbons (Fsp3) is 0.692. The zero-order valence-electron chi connectivity index (χ0n) is 10.2. The lowest BCUT2D eigenvalue weighted by Gasteiger charge is -2.23. The van der Waals surface area contributed by atoms with E-state index in [1.807, 2.05) is 0 Å². The van der Waals surface area contributed by atoms with Crippen molar-refractivity contribution in [1.29, 1.82) is 0 Å². The van der Waals surface area contributed by atoms with Crippen molar-refractivity contribution in [1.82, 2.24) is 15.5 Å². The summed E-state index contributed by atoms with van der Waals surface area (Å²) in [4.78, 5) is 3.97. The molecule has 3 rings (SSSR count). The Morgan fingerprint density at radius 1 is 1.35 bits per heavy atom. The van der Waals surface area contributed by atoms with Gasteiger partial charge in [0.25, 0.3) is 0 Å². The summed E-state index contributed by atoms with van der Waals surface area (Å²) in [6.07, 6.45) is 6.36. The highest BCUT2D eigenvalue weighted by molar-refractivity contribution is 5.31. The molecule has 0 radical (unpaired) electrons.